The Kier molecular flexibility index (Phi) is 10.2. The van der Waals surface area contributed by atoms with Gasteiger partial charge < -0.3 is 15.5 Å². The minimum Gasteiger partial charge on any atom is -0.357 e. The van der Waals surface area contributed by atoms with Crippen molar-refractivity contribution >= 4 is 29.9 Å². The molecule has 0 aromatic heterocycles. The topological polar surface area (TPSA) is 39.7 Å². The first kappa shape index (κ1) is 21.2. The van der Waals surface area contributed by atoms with E-state index in [1.807, 2.05) is 13.0 Å². The number of rotatable bonds is 6. The Labute approximate surface area is 162 Å². The van der Waals surface area contributed by atoms with E-state index in [-0.39, 0.29) is 29.8 Å². The smallest absolute Gasteiger partial charge is 0.191 e. The number of likely N-dealkylation sites (tertiary alicyclic amines) is 1. The van der Waals surface area contributed by atoms with Gasteiger partial charge in [0, 0.05) is 19.6 Å². The first-order valence-corrected chi connectivity index (χ1v) is 8.66. The lowest BCUT2D eigenvalue weighted by Crippen LogP contribution is -2.43. The van der Waals surface area contributed by atoms with E-state index in [2.05, 4.69) is 27.4 Å². The number of hydrogen-bond acceptors (Lipinski definition) is 2. The summed E-state index contributed by atoms with van der Waals surface area (Å²) in [6, 6.07) is 6.60. The van der Waals surface area contributed by atoms with Gasteiger partial charge in [-0.15, -0.1) is 24.0 Å². The van der Waals surface area contributed by atoms with Gasteiger partial charge in [-0.2, -0.15) is 0 Å². The van der Waals surface area contributed by atoms with E-state index in [0.717, 1.165) is 37.1 Å². The van der Waals surface area contributed by atoms with Gasteiger partial charge in [-0.05, 0) is 56.5 Å². The predicted molar refractivity (Wildman–Crippen MR) is 109 cm³/mol. The van der Waals surface area contributed by atoms with Crippen LogP contribution < -0.4 is 10.6 Å². The Morgan fingerprint density at radius 2 is 2.04 bits per heavy atom. The third-order valence-corrected chi connectivity index (χ3v) is 4.25. The Hall–Kier alpha value is -0.890. The van der Waals surface area contributed by atoms with Gasteiger partial charge in [0.1, 0.15) is 5.82 Å². The van der Waals surface area contributed by atoms with Crippen LogP contribution >= 0.6 is 24.0 Å². The zero-order chi connectivity index (χ0) is 16.5. The van der Waals surface area contributed by atoms with Crippen LogP contribution in [0.5, 0.6) is 0 Å². The molecule has 1 heterocycles. The lowest BCUT2D eigenvalue weighted by molar-refractivity contribution is 0.195. The van der Waals surface area contributed by atoms with E-state index in [1.165, 1.54) is 38.1 Å². The van der Waals surface area contributed by atoms with Crippen LogP contribution in [-0.4, -0.2) is 43.6 Å². The lowest BCUT2D eigenvalue weighted by atomic mass is 9.99. The van der Waals surface area contributed by atoms with Crippen molar-refractivity contribution in [2.45, 2.75) is 33.2 Å². The van der Waals surface area contributed by atoms with Crippen LogP contribution in [0.25, 0.3) is 0 Å². The fourth-order valence-corrected chi connectivity index (χ4v) is 2.77. The molecule has 0 radical (unpaired) electrons. The minimum atomic E-state index is -0.213. The highest BCUT2D eigenvalue weighted by molar-refractivity contribution is 14.0. The molecule has 0 saturated carbocycles. The van der Waals surface area contributed by atoms with Gasteiger partial charge in [0.25, 0.3) is 0 Å². The molecule has 0 unspecified atom stereocenters. The van der Waals surface area contributed by atoms with Gasteiger partial charge in [-0.3, -0.25) is 0 Å². The Morgan fingerprint density at radius 1 is 1.29 bits per heavy atom. The molecule has 136 valence electrons. The number of aliphatic imine (C=N–C) groups is 1. The van der Waals surface area contributed by atoms with Crippen LogP contribution in [-0.2, 0) is 6.54 Å². The molecule has 1 aromatic rings. The molecule has 1 aliphatic heterocycles. The minimum absolute atomic E-state index is 0. The first-order valence-electron chi connectivity index (χ1n) is 8.66. The molecule has 0 aliphatic carbocycles. The van der Waals surface area contributed by atoms with Crippen molar-refractivity contribution in [3.05, 3.63) is 35.6 Å². The van der Waals surface area contributed by atoms with E-state index in [1.54, 1.807) is 6.07 Å². The molecule has 1 aliphatic rings. The maximum Gasteiger partial charge on any atom is 0.191 e. The summed E-state index contributed by atoms with van der Waals surface area (Å²) in [7, 11) is 0. The van der Waals surface area contributed by atoms with E-state index >= 15 is 0 Å². The molecule has 24 heavy (non-hydrogen) atoms. The van der Waals surface area contributed by atoms with Gasteiger partial charge in [0.15, 0.2) is 5.96 Å². The van der Waals surface area contributed by atoms with Gasteiger partial charge in [0.2, 0.25) is 0 Å². The number of benzene rings is 1. The summed E-state index contributed by atoms with van der Waals surface area (Å²) in [6.07, 6.45) is 2.60. The Bertz CT molecular complexity index is 502. The monoisotopic (exact) mass is 448 g/mol. The molecular formula is C18H30FIN4. The summed E-state index contributed by atoms with van der Waals surface area (Å²) in [5.74, 6) is 1.45. The highest BCUT2D eigenvalue weighted by Gasteiger charge is 2.14. The van der Waals surface area contributed by atoms with Crippen LogP contribution in [0.15, 0.2) is 29.3 Å². The normalized spacial score (nSPS) is 16.5. The van der Waals surface area contributed by atoms with Crippen molar-refractivity contribution in [3.8, 4) is 0 Å². The fraction of sp³-hybridized carbons (Fsp3) is 0.611. The van der Waals surface area contributed by atoms with Crippen LogP contribution in [0.4, 0.5) is 4.39 Å². The second-order valence-electron chi connectivity index (χ2n) is 6.28. The molecule has 0 amide bonds. The van der Waals surface area contributed by atoms with E-state index in [9.17, 15) is 4.39 Å². The summed E-state index contributed by atoms with van der Waals surface area (Å²) in [5.41, 5.74) is 0.882. The number of hydrogen-bond donors (Lipinski definition) is 2. The van der Waals surface area contributed by atoms with Crippen molar-refractivity contribution < 1.29 is 4.39 Å². The molecule has 0 spiro atoms. The van der Waals surface area contributed by atoms with Crippen molar-refractivity contribution in [1.29, 1.82) is 0 Å². The molecular weight excluding hydrogens is 418 g/mol. The zero-order valence-electron chi connectivity index (χ0n) is 14.7. The average Bonchev–Trinajstić information content (AvgIpc) is 2.54. The summed E-state index contributed by atoms with van der Waals surface area (Å²) in [6.45, 7) is 9.98. The molecule has 0 bridgehead atoms. The molecule has 2 rings (SSSR count). The number of piperidine rings is 1. The molecule has 6 heteroatoms. The van der Waals surface area contributed by atoms with Crippen LogP contribution in [0.2, 0.25) is 0 Å². The highest BCUT2D eigenvalue weighted by Crippen LogP contribution is 2.15. The number of nitrogens with zero attached hydrogens (tertiary/aromatic N) is 2. The summed E-state index contributed by atoms with van der Waals surface area (Å²) in [4.78, 5) is 7.03. The van der Waals surface area contributed by atoms with Crippen molar-refractivity contribution in [1.82, 2.24) is 15.5 Å². The Morgan fingerprint density at radius 3 is 2.71 bits per heavy atom. The van der Waals surface area contributed by atoms with Crippen molar-refractivity contribution in [2.75, 3.05) is 32.7 Å². The summed E-state index contributed by atoms with van der Waals surface area (Å²) < 4.78 is 13.2. The predicted octanol–water partition coefficient (Wildman–Crippen LogP) is 3.23. The molecule has 0 atom stereocenters. The van der Waals surface area contributed by atoms with E-state index in [4.69, 9.17) is 0 Å². The summed E-state index contributed by atoms with van der Waals surface area (Å²) in [5, 5.41) is 6.61. The molecule has 4 nitrogen and oxygen atoms in total. The largest absolute Gasteiger partial charge is 0.357 e. The average molecular weight is 448 g/mol. The lowest BCUT2D eigenvalue weighted by Gasteiger charge is -2.30. The second-order valence-corrected chi connectivity index (χ2v) is 6.28. The first-order chi connectivity index (χ1) is 11.2. The molecule has 2 N–H and O–H groups in total. The fourth-order valence-electron chi connectivity index (χ4n) is 2.77. The van der Waals surface area contributed by atoms with E-state index in [0.29, 0.717) is 6.54 Å². The molecule has 1 aromatic carbocycles. The van der Waals surface area contributed by atoms with E-state index < -0.39 is 0 Å². The standard InChI is InChI=1S/C18H29FN4.HI/c1-3-20-18(22-14-16-5-4-6-17(19)13-16)21-9-12-23-10-7-15(2)8-11-23;/h4-6,13,15H,3,7-12,14H2,1-2H3,(H2,20,21,22);1H. The maximum absolute atomic E-state index is 13.2. The maximum atomic E-state index is 13.2. The Balaban J connectivity index is 0.00000288. The van der Waals surface area contributed by atoms with Crippen LogP contribution in [0, 0.1) is 11.7 Å². The quantitative estimate of drug-likeness (QED) is 0.399. The van der Waals surface area contributed by atoms with Crippen molar-refractivity contribution in [3.63, 3.8) is 0 Å². The number of halogens is 2. The summed E-state index contributed by atoms with van der Waals surface area (Å²) >= 11 is 0. The molecule has 1 fully saturated rings. The van der Waals surface area contributed by atoms with Crippen molar-refractivity contribution in [2.24, 2.45) is 10.9 Å². The zero-order valence-corrected chi connectivity index (χ0v) is 17.1. The van der Waals surface area contributed by atoms with Gasteiger partial charge in [0.05, 0.1) is 6.54 Å². The van der Waals surface area contributed by atoms with Crippen LogP contribution in [0.1, 0.15) is 32.3 Å². The second kappa shape index (κ2) is 11.6. The SMILES string of the molecule is CCNC(=NCc1cccc(F)c1)NCCN1CCC(C)CC1.I. The molecule has 1 saturated heterocycles. The number of nitrogens with one attached hydrogen (secondary N) is 2. The highest BCUT2D eigenvalue weighted by atomic mass is 127. The third-order valence-electron chi connectivity index (χ3n) is 4.25. The van der Waals surface area contributed by atoms with Gasteiger partial charge in [-0.25, -0.2) is 9.38 Å². The van der Waals surface area contributed by atoms with Gasteiger partial charge >= 0.3 is 0 Å². The number of guanidine groups is 1. The van der Waals surface area contributed by atoms with Crippen LogP contribution in [0.3, 0.4) is 0 Å². The third kappa shape index (κ3) is 7.79. The van der Waals surface area contributed by atoms with Gasteiger partial charge in [-0.1, -0.05) is 19.1 Å².